The molecule has 0 spiro atoms. The molecule has 2 atom stereocenters. The van der Waals surface area contributed by atoms with Crippen molar-refractivity contribution >= 4 is 12.4 Å². The second-order valence-corrected chi connectivity index (χ2v) is 5.91. The van der Waals surface area contributed by atoms with Crippen LogP contribution in [0.15, 0.2) is 0 Å². The Morgan fingerprint density at radius 1 is 1.50 bits per heavy atom. The molecule has 1 rings (SSSR count). The van der Waals surface area contributed by atoms with Crippen molar-refractivity contribution in [1.82, 2.24) is 5.32 Å². The van der Waals surface area contributed by atoms with Crippen LogP contribution in [-0.2, 0) is 9.53 Å². The SMILES string of the molecule is CC(C)(C)OC(=O)NC(CC1CCC1)C(O)C=O. The molecule has 0 aliphatic heterocycles. The molecule has 0 aromatic rings. The summed E-state index contributed by atoms with van der Waals surface area (Å²) in [5, 5.41) is 12.2. The van der Waals surface area contributed by atoms with Crippen molar-refractivity contribution in [2.24, 2.45) is 5.92 Å². The zero-order valence-corrected chi connectivity index (χ0v) is 11.3. The van der Waals surface area contributed by atoms with Gasteiger partial charge in [0.2, 0.25) is 0 Å². The highest BCUT2D eigenvalue weighted by Gasteiger charge is 2.29. The van der Waals surface area contributed by atoms with E-state index in [0.29, 0.717) is 18.6 Å². The summed E-state index contributed by atoms with van der Waals surface area (Å²) in [4.78, 5) is 22.3. The van der Waals surface area contributed by atoms with Crippen molar-refractivity contribution in [1.29, 1.82) is 0 Å². The van der Waals surface area contributed by atoms with Gasteiger partial charge in [0.15, 0.2) is 6.29 Å². The minimum Gasteiger partial charge on any atom is -0.444 e. The van der Waals surface area contributed by atoms with Crippen molar-refractivity contribution in [2.45, 2.75) is 64.2 Å². The van der Waals surface area contributed by atoms with Gasteiger partial charge in [0.1, 0.15) is 11.7 Å². The van der Waals surface area contributed by atoms with Crippen LogP contribution >= 0.6 is 0 Å². The Balaban J connectivity index is 2.48. The number of carbonyl (C=O) groups excluding carboxylic acids is 2. The number of aliphatic hydroxyl groups is 1. The second-order valence-electron chi connectivity index (χ2n) is 5.91. The van der Waals surface area contributed by atoms with Crippen LogP contribution in [-0.4, -0.2) is 35.2 Å². The highest BCUT2D eigenvalue weighted by Crippen LogP contribution is 2.31. The summed E-state index contributed by atoms with van der Waals surface area (Å²) < 4.78 is 5.12. The molecule has 0 aromatic carbocycles. The molecule has 1 saturated carbocycles. The van der Waals surface area contributed by atoms with Gasteiger partial charge in [-0.1, -0.05) is 19.3 Å². The van der Waals surface area contributed by atoms with E-state index in [-0.39, 0.29) is 0 Å². The van der Waals surface area contributed by atoms with Crippen LogP contribution in [0.25, 0.3) is 0 Å². The van der Waals surface area contributed by atoms with Crippen molar-refractivity contribution in [3.63, 3.8) is 0 Å². The number of hydrogen-bond acceptors (Lipinski definition) is 4. The number of hydrogen-bond donors (Lipinski definition) is 2. The molecular weight excluding hydrogens is 234 g/mol. The van der Waals surface area contributed by atoms with Gasteiger partial charge in [-0.15, -0.1) is 0 Å². The summed E-state index contributed by atoms with van der Waals surface area (Å²) in [6.45, 7) is 5.30. The van der Waals surface area contributed by atoms with Crippen molar-refractivity contribution < 1.29 is 19.4 Å². The molecule has 0 saturated heterocycles. The Bertz CT molecular complexity index is 294. The smallest absolute Gasteiger partial charge is 0.407 e. The first-order valence-corrected chi connectivity index (χ1v) is 6.44. The maximum absolute atomic E-state index is 11.6. The Morgan fingerprint density at radius 2 is 2.11 bits per heavy atom. The Kier molecular flexibility index (Phi) is 5.14. The molecule has 0 bridgehead atoms. The Hall–Kier alpha value is -1.10. The van der Waals surface area contributed by atoms with Gasteiger partial charge in [-0.2, -0.15) is 0 Å². The molecule has 0 aromatic heterocycles. The number of amides is 1. The Morgan fingerprint density at radius 3 is 2.50 bits per heavy atom. The van der Waals surface area contributed by atoms with E-state index in [4.69, 9.17) is 4.74 Å². The molecule has 18 heavy (non-hydrogen) atoms. The Labute approximate surface area is 108 Å². The predicted octanol–water partition coefficient (Wildman–Crippen LogP) is 1.63. The lowest BCUT2D eigenvalue weighted by Crippen LogP contribution is -2.47. The average molecular weight is 257 g/mol. The minimum atomic E-state index is -1.17. The first-order chi connectivity index (χ1) is 8.31. The monoisotopic (exact) mass is 257 g/mol. The van der Waals surface area contributed by atoms with Gasteiger partial charge >= 0.3 is 6.09 Å². The van der Waals surface area contributed by atoms with Crippen molar-refractivity contribution in [3.05, 3.63) is 0 Å². The third kappa shape index (κ3) is 5.04. The van der Waals surface area contributed by atoms with E-state index in [1.165, 1.54) is 6.42 Å². The number of ether oxygens (including phenoxy) is 1. The van der Waals surface area contributed by atoms with Crippen LogP contribution in [0, 0.1) is 5.92 Å². The van der Waals surface area contributed by atoms with Gasteiger partial charge in [-0.3, -0.25) is 0 Å². The van der Waals surface area contributed by atoms with Gasteiger partial charge in [-0.05, 0) is 33.1 Å². The molecule has 5 heteroatoms. The first kappa shape index (κ1) is 15.0. The predicted molar refractivity (Wildman–Crippen MR) is 67.2 cm³/mol. The van der Waals surface area contributed by atoms with E-state index < -0.39 is 23.8 Å². The van der Waals surface area contributed by atoms with Gasteiger partial charge in [0.05, 0.1) is 6.04 Å². The fourth-order valence-corrected chi connectivity index (χ4v) is 1.93. The van der Waals surface area contributed by atoms with Crippen LogP contribution < -0.4 is 5.32 Å². The second kappa shape index (κ2) is 6.18. The summed E-state index contributed by atoms with van der Waals surface area (Å²) in [5.74, 6) is 0.486. The van der Waals surface area contributed by atoms with E-state index >= 15 is 0 Å². The molecule has 1 aliphatic rings. The molecule has 1 aliphatic carbocycles. The molecule has 1 fully saturated rings. The van der Waals surface area contributed by atoms with Gasteiger partial charge in [0.25, 0.3) is 0 Å². The highest BCUT2D eigenvalue weighted by molar-refractivity contribution is 5.69. The van der Waals surface area contributed by atoms with Gasteiger partial charge in [0, 0.05) is 0 Å². The number of aliphatic hydroxyl groups excluding tert-OH is 1. The lowest BCUT2D eigenvalue weighted by molar-refractivity contribution is -0.116. The lowest BCUT2D eigenvalue weighted by Gasteiger charge is -2.31. The minimum absolute atomic E-state index is 0.459. The number of rotatable bonds is 5. The lowest BCUT2D eigenvalue weighted by atomic mass is 9.80. The largest absolute Gasteiger partial charge is 0.444 e. The van der Waals surface area contributed by atoms with E-state index in [1.807, 2.05) is 0 Å². The van der Waals surface area contributed by atoms with Crippen LogP contribution in [0.1, 0.15) is 46.5 Å². The standard InChI is InChI=1S/C13H23NO4/c1-13(2,3)18-12(17)14-10(11(16)8-15)7-9-5-4-6-9/h8-11,16H,4-7H2,1-3H3,(H,14,17). The number of aldehydes is 1. The fourth-order valence-electron chi connectivity index (χ4n) is 1.93. The first-order valence-electron chi connectivity index (χ1n) is 6.44. The zero-order chi connectivity index (χ0) is 13.8. The normalized spacial score (nSPS) is 19.6. The molecular formula is C13H23NO4. The molecule has 2 N–H and O–H groups in total. The third-order valence-electron chi connectivity index (χ3n) is 3.07. The maximum Gasteiger partial charge on any atom is 0.407 e. The summed E-state index contributed by atoms with van der Waals surface area (Å²) >= 11 is 0. The van der Waals surface area contributed by atoms with E-state index in [9.17, 15) is 14.7 Å². The molecule has 0 radical (unpaired) electrons. The number of alkyl carbamates (subject to hydrolysis) is 1. The fraction of sp³-hybridized carbons (Fsp3) is 0.846. The quantitative estimate of drug-likeness (QED) is 0.734. The van der Waals surface area contributed by atoms with E-state index in [0.717, 1.165) is 12.8 Å². The summed E-state index contributed by atoms with van der Waals surface area (Å²) in [5.41, 5.74) is -0.586. The zero-order valence-electron chi connectivity index (χ0n) is 11.3. The number of nitrogens with one attached hydrogen (secondary N) is 1. The third-order valence-corrected chi connectivity index (χ3v) is 3.07. The van der Waals surface area contributed by atoms with Crippen LogP contribution in [0.2, 0.25) is 0 Å². The molecule has 1 amide bonds. The highest BCUT2D eigenvalue weighted by atomic mass is 16.6. The van der Waals surface area contributed by atoms with Crippen LogP contribution in [0.3, 0.4) is 0 Å². The van der Waals surface area contributed by atoms with Crippen LogP contribution in [0.4, 0.5) is 4.79 Å². The van der Waals surface area contributed by atoms with Crippen LogP contribution in [0.5, 0.6) is 0 Å². The van der Waals surface area contributed by atoms with Crippen molar-refractivity contribution in [3.8, 4) is 0 Å². The van der Waals surface area contributed by atoms with Crippen molar-refractivity contribution in [2.75, 3.05) is 0 Å². The van der Waals surface area contributed by atoms with E-state index in [2.05, 4.69) is 5.32 Å². The molecule has 2 unspecified atom stereocenters. The summed E-state index contributed by atoms with van der Waals surface area (Å²) in [6.07, 6.45) is 2.70. The summed E-state index contributed by atoms with van der Waals surface area (Å²) in [6, 6.07) is -0.553. The number of carbonyl (C=O) groups is 2. The van der Waals surface area contributed by atoms with Gasteiger partial charge < -0.3 is 20.0 Å². The molecule has 5 nitrogen and oxygen atoms in total. The van der Waals surface area contributed by atoms with Gasteiger partial charge in [-0.25, -0.2) is 4.79 Å². The maximum atomic E-state index is 11.6. The molecule has 104 valence electrons. The average Bonchev–Trinajstić information content (AvgIpc) is 2.17. The topological polar surface area (TPSA) is 75.6 Å². The van der Waals surface area contributed by atoms with E-state index in [1.54, 1.807) is 20.8 Å². The molecule has 0 heterocycles. The summed E-state index contributed by atoms with van der Waals surface area (Å²) in [7, 11) is 0.